The summed E-state index contributed by atoms with van der Waals surface area (Å²) >= 11 is 0. The molecule has 3 rings (SSSR count). The van der Waals surface area contributed by atoms with Crippen LogP contribution in [-0.4, -0.2) is 58.5 Å². The van der Waals surface area contributed by atoms with Gasteiger partial charge in [0.1, 0.15) is 5.60 Å². The Morgan fingerprint density at radius 2 is 1.96 bits per heavy atom. The maximum Gasteiger partial charge on any atom is 0.253 e. The number of rotatable bonds is 2. The Morgan fingerprint density at radius 3 is 2.61 bits per heavy atom. The molecule has 0 radical (unpaired) electrons. The van der Waals surface area contributed by atoms with Crippen molar-refractivity contribution in [2.75, 3.05) is 26.2 Å². The summed E-state index contributed by atoms with van der Waals surface area (Å²) in [6.45, 7) is 8.35. The zero-order valence-electron chi connectivity index (χ0n) is 17.1. The van der Waals surface area contributed by atoms with Crippen LogP contribution in [0.3, 0.4) is 0 Å². The monoisotopic (exact) mass is 382 g/mol. The van der Waals surface area contributed by atoms with E-state index >= 15 is 0 Å². The van der Waals surface area contributed by atoms with Gasteiger partial charge < -0.3 is 14.9 Å². The quantitative estimate of drug-likeness (QED) is 0.800. The van der Waals surface area contributed by atoms with Crippen LogP contribution in [0.1, 0.15) is 62.4 Å². The summed E-state index contributed by atoms with van der Waals surface area (Å²) in [7, 11) is 0. The Hall–Kier alpha value is -2.32. The van der Waals surface area contributed by atoms with E-state index in [1.165, 1.54) is 0 Å². The molecule has 0 atom stereocenters. The first-order valence-corrected chi connectivity index (χ1v) is 10.1. The highest BCUT2D eigenvalue weighted by atomic mass is 16.3. The van der Waals surface area contributed by atoms with Gasteiger partial charge in [0.25, 0.3) is 5.91 Å². The van der Waals surface area contributed by atoms with Crippen molar-refractivity contribution in [2.45, 2.75) is 52.1 Å². The maximum absolute atomic E-state index is 13.0. The Kier molecular flexibility index (Phi) is 5.81. The maximum atomic E-state index is 13.0. The highest BCUT2D eigenvalue weighted by molar-refractivity contribution is 5.94. The summed E-state index contributed by atoms with van der Waals surface area (Å²) < 4.78 is 0. The molecule has 5 heteroatoms. The largest absolute Gasteiger partial charge is 0.378 e. The second kappa shape index (κ2) is 7.97. The van der Waals surface area contributed by atoms with Crippen LogP contribution in [0.5, 0.6) is 0 Å². The van der Waals surface area contributed by atoms with Crippen molar-refractivity contribution in [3.63, 3.8) is 0 Å². The molecular weight excluding hydrogens is 352 g/mol. The molecule has 0 aromatic heterocycles. The number of piperidine rings is 2. The van der Waals surface area contributed by atoms with Crippen molar-refractivity contribution in [3.8, 4) is 11.8 Å². The summed E-state index contributed by atoms with van der Waals surface area (Å²) in [6, 6.07) is 7.29. The highest BCUT2D eigenvalue weighted by Crippen LogP contribution is 2.40. The van der Waals surface area contributed by atoms with Gasteiger partial charge in [-0.3, -0.25) is 9.59 Å². The average Bonchev–Trinajstić information content (AvgIpc) is 2.68. The number of aliphatic hydroxyl groups is 1. The van der Waals surface area contributed by atoms with Gasteiger partial charge in [0.2, 0.25) is 5.91 Å². The molecular formula is C23H30N2O3. The van der Waals surface area contributed by atoms with Gasteiger partial charge >= 0.3 is 0 Å². The van der Waals surface area contributed by atoms with Crippen LogP contribution in [0.15, 0.2) is 24.3 Å². The van der Waals surface area contributed by atoms with Crippen molar-refractivity contribution < 1.29 is 14.7 Å². The first-order valence-electron chi connectivity index (χ1n) is 10.1. The van der Waals surface area contributed by atoms with Crippen molar-refractivity contribution in [1.29, 1.82) is 0 Å². The van der Waals surface area contributed by atoms with Crippen LogP contribution >= 0.6 is 0 Å². The molecule has 2 aliphatic heterocycles. The second-order valence-corrected chi connectivity index (χ2v) is 8.59. The summed E-state index contributed by atoms with van der Waals surface area (Å²) in [6.07, 6.45) is 3.46. The highest BCUT2D eigenvalue weighted by Gasteiger charge is 2.41. The van der Waals surface area contributed by atoms with E-state index in [-0.39, 0.29) is 17.2 Å². The zero-order valence-corrected chi connectivity index (χ0v) is 17.1. The molecule has 1 spiro atoms. The minimum absolute atomic E-state index is 0.0287. The number of hydrogen-bond acceptors (Lipinski definition) is 3. The van der Waals surface area contributed by atoms with E-state index in [1.54, 1.807) is 19.9 Å². The molecule has 2 amide bonds. The lowest BCUT2D eigenvalue weighted by molar-refractivity contribution is -0.138. The molecule has 5 nitrogen and oxygen atoms in total. The molecule has 0 unspecified atom stereocenters. The molecule has 1 aromatic carbocycles. The summed E-state index contributed by atoms with van der Waals surface area (Å²) in [5, 5.41) is 9.76. The molecule has 2 saturated heterocycles. The van der Waals surface area contributed by atoms with Gasteiger partial charge in [-0.05, 0) is 63.6 Å². The summed E-state index contributed by atoms with van der Waals surface area (Å²) in [5.74, 6) is 6.01. The topological polar surface area (TPSA) is 60.9 Å². The fourth-order valence-corrected chi connectivity index (χ4v) is 4.12. The number of hydrogen-bond donors (Lipinski definition) is 1. The van der Waals surface area contributed by atoms with Crippen LogP contribution in [0.4, 0.5) is 0 Å². The Bertz CT molecular complexity index is 805. The predicted molar refractivity (Wildman–Crippen MR) is 109 cm³/mol. The Balaban J connectivity index is 1.66. The van der Waals surface area contributed by atoms with E-state index in [1.807, 2.05) is 34.9 Å². The van der Waals surface area contributed by atoms with Gasteiger partial charge in [-0.25, -0.2) is 0 Å². The summed E-state index contributed by atoms with van der Waals surface area (Å²) in [5.41, 5.74) is 0.466. The fraction of sp³-hybridized carbons (Fsp3) is 0.565. The molecule has 1 N–H and O–H groups in total. The minimum atomic E-state index is -1.06. The molecule has 150 valence electrons. The molecule has 2 aliphatic rings. The first-order chi connectivity index (χ1) is 13.2. The van der Waals surface area contributed by atoms with Crippen LogP contribution in [-0.2, 0) is 4.79 Å². The SMILES string of the molecule is CCN1CC2(CCC1=O)CCN(C(=O)c1cccc(C#CC(C)(C)O)c1)CC2. The normalized spacial score (nSPS) is 19.4. The van der Waals surface area contributed by atoms with Gasteiger partial charge in [-0.15, -0.1) is 0 Å². The van der Waals surface area contributed by atoms with Gasteiger partial charge in [0.05, 0.1) is 0 Å². The smallest absolute Gasteiger partial charge is 0.253 e. The third-order valence-electron chi connectivity index (χ3n) is 5.86. The number of likely N-dealkylation sites (tertiary alicyclic amines) is 2. The van der Waals surface area contributed by atoms with E-state index in [4.69, 9.17) is 0 Å². The predicted octanol–water partition coefficient (Wildman–Crippen LogP) is 2.67. The van der Waals surface area contributed by atoms with Crippen molar-refractivity contribution >= 4 is 11.8 Å². The van der Waals surface area contributed by atoms with E-state index in [9.17, 15) is 14.7 Å². The Labute approximate surface area is 167 Å². The first kappa shape index (κ1) is 20.4. The van der Waals surface area contributed by atoms with Crippen LogP contribution in [0.25, 0.3) is 0 Å². The number of nitrogens with zero attached hydrogens (tertiary/aromatic N) is 2. The Morgan fingerprint density at radius 1 is 1.25 bits per heavy atom. The summed E-state index contributed by atoms with van der Waals surface area (Å²) in [4.78, 5) is 28.8. The third-order valence-corrected chi connectivity index (χ3v) is 5.86. The molecule has 28 heavy (non-hydrogen) atoms. The molecule has 2 fully saturated rings. The molecule has 0 saturated carbocycles. The van der Waals surface area contributed by atoms with Gasteiger partial charge in [-0.2, -0.15) is 0 Å². The van der Waals surface area contributed by atoms with Crippen LogP contribution < -0.4 is 0 Å². The zero-order chi connectivity index (χ0) is 20.4. The van der Waals surface area contributed by atoms with Gasteiger partial charge in [0, 0.05) is 43.7 Å². The van der Waals surface area contributed by atoms with Gasteiger partial charge in [-0.1, -0.05) is 17.9 Å². The number of carbonyl (C=O) groups excluding carboxylic acids is 2. The van der Waals surface area contributed by atoms with Crippen molar-refractivity contribution in [2.24, 2.45) is 5.41 Å². The van der Waals surface area contributed by atoms with E-state index in [2.05, 4.69) is 11.8 Å². The van der Waals surface area contributed by atoms with Crippen LogP contribution in [0, 0.1) is 17.3 Å². The van der Waals surface area contributed by atoms with E-state index in [0.717, 1.165) is 51.0 Å². The standard InChI is InChI=1S/C23H30N2O3/c1-4-24-17-23(11-9-20(24)26)12-14-25(15-13-23)21(27)19-7-5-6-18(16-19)8-10-22(2,3)28/h5-7,16,28H,4,9,11-15,17H2,1-3H3. The fourth-order valence-electron chi connectivity index (χ4n) is 4.12. The molecule has 1 aromatic rings. The third kappa shape index (κ3) is 4.74. The lowest BCUT2D eigenvalue weighted by Gasteiger charge is -2.47. The molecule has 0 bridgehead atoms. The van der Waals surface area contributed by atoms with Crippen LogP contribution in [0.2, 0.25) is 0 Å². The van der Waals surface area contributed by atoms with Crippen molar-refractivity contribution in [1.82, 2.24) is 9.80 Å². The van der Waals surface area contributed by atoms with E-state index < -0.39 is 5.60 Å². The van der Waals surface area contributed by atoms with Gasteiger partial charge in [0.15, 0.2) is 0 Å². The van der Waals surface area contributed by atoms with E-state index in [0.29, 0.717) is 12.0 Å². The second-order valence-electron chi connectivity index (χ2n) is 8.59. The lowest BCUT2D eigenvalue weighted by atomic mass is 9.72. The van der Waals surface area contributed by atoms with Crippen molar-refractivity contribution in [3.05, 3.63) is 35.4 Å². The average molecular weight is 383 g/mol. The molecule has 2 heterocycles. The number of amides is 2. The molecule has 0 aliphatic carbocycles. The lowest BCUT2D eigenvalue weighted by Crippen LogP contribution is -2.52. The minimum Gasteiger partial charge on any atom is -0.378 e. The number of benzene rings is 1. The number of carbonyl (C=O) groups is 2.